The molecule has 0 saturated heterocycles. The smallest absolute Gasteiger partial charge is 0.130 e. The molecule has 20 heavy (non-hydrogen) atoms. The van der Waals surface area contributed by atoms with Crippen LogP contribution >= 0.6 is 11.6 Å². The summed E-state index contributed by atoms with van der Waals surface area (Å²) in [6.45, 7) is 6.91. The van der Waals surface area contributed by atoms with Crippen LogP contribution in [-0.2, 0) is 13.2 Å². The fourth-order valence-corrected chi connectivity index (χ4v) is 2.30. The Morgan fingerprint density at radius 2 is 2.15 bits per heavy atom. The molecule has 1 heterocycles. The highest BCUT2D eigenvalue weighted by molar-refractivity contribution is 6.30. The van der Waals surface area contributed by atoms with Crippen molar-refractivity contribution in [1.29, 1.82) is 0 Å². The molecule has 1 aromatic carbocycles. The van der Waals surface area contributed by atoms with Crippen molar-refractivity contribution in [3.05, 3.63) is 46.2 Å². The molecule has 2 aromatic rings. The molecule has 0 unspecified atom stereocenters. The number of hydrogen-bond acceptors (Lipinski definition) is 3. The topological polar surface area (TPSA) is 47.3 Å². The van der Waals surface area contributed by atoms with Crippen LogP contribution in [0.1, 0.15) is 36.9 Å². The van der Waals surface area contributed by atoms with Crippen molar-refractivity contribution < 1.29 is 9.84 Å². The molecule has 1 aromatic heterocycles. The summed E-state index contributed by atoms with van der Waals surface area (Å²) in [5.74, 6) is 0.644. The summed E-state index contributed by atoms with van der Waals surface area (Å²) in [6.07, 6.45) is -0.624. The number of rotatable bonds is 5. The Bertz CT molecular complexity index is 594. The van der Waals surface area contributed by atoms with Gasteiger partial charge in [0.05, 0.1) is 17.5 Å². The second-order valence-electron chi connectivity index (χ2n) is 4.74. The lowest BCUT2D eigenvalue weighted by Gasteiger charge is -2.14. The van der Waals surface area contributed by atoms with Gasteiger partial charge in [0, 0.05) is 17.1 Å². The normalized spacial score (nSPS) is 12.4. The molecular formula is C15H19ClN2O2. The zero-order chi connectivity index (χ0) is 14.7. The van der Waals surface area contributed by atoms with Crippen molar-refractivity contribution >= 4 is 11.6 Å². The molecule has 2 rings (SSSR count). The monoisotopic (exact) mass is 294 g/mol. The van der Waals surface area contributed by atoms with E-state index in [2.05, 4.69) is 5.10 Å². The molecule has 4 nitrogen and oxygen atoms in total. The van der Waals surface area contributed by atoms with Crippen molar-refractivity contribution in [2.45, 2.75) is 40.0 Å². The van der Waals surface area contributed by atoms with Gasteiger partial charge < -0.3 is 9.84 Å². The Hall–Kier alpha value is -1.52. The highest BCUT2D eigenvalue weighted by Gasteiger charge is 2.11. The summed E-state index contributed by atoms with van der Waals surface area (Å²) in [5.41, 5.74) is 2.67. The molecule has 0 aliphatic carbocycles. The van der Waals surface area contributed by atoms with Crippen LogP contribution in [0.4, 0.5) is 0 Å². The third kappa shape index (κ3) is 3.32. The number of aromatic nitrogens is 2. The van der Waals surface area contributed by atoms with Gasteiger partial charge >= 0.3 is 0 Å². The summed E-state index contributed by atoms with van der Waals surface area (Å²) >= 11 is 5.95. The van der Waals surface area contributed by atoms with E-state index in [-0.39, 0.29) is 0 Å². The molecular weight excluding hydrogens is 276 g/mol. The molecule has 0 aliphatic rings. The number of ether oxygens (including phenoxy) is 1. The van der Waals surface area contributed by atoms with Gasteiger partial charge in [-0.1, -0.05) is 11.6 Å². The number of halogens is 1. The standard InChI is InChI=1S/C15H19ClN2O2/c1-4-18-13(7-10(2)17-18)9-20-15-6-5-12(16)8-14(15)11(3)19/h5-8,11,19H,4,9H2,1-3H3/t11-/m1/s1. The van der Waals surface area contributed by atoms with Crippen molar-refractivity contribution in [3.8, 4) is 5.75 Å². The third-order valence-electron chi connectivity index (χ3n) is 3.08. The van der Waals surface area contributed by atoms with Crippen LogP contribution in [0.2, 0.25) is 5.02 Å². The zero-order valence-electron chi connectivity index (χ0n) is 11.9. The van der Waals surface area contributed by atoms with Gasteiger partial charge in [-0.3, -0.25) is 4.68 Å². The fourth-order valence-electron chi connectivity index (χ4n) is 2.12. The van der Waals surface area contributed by atoms with Crippen LogP contribution in [-0.4, -0.2) is 14.9 Å². The summed E-state index contributed by atoms with van der Waals surface area (Å²) in [6, 6.07) is 7.26. The van der Waals surface area contributed by atoms with Crippen LogP contribution in [0.5, 0.6) is 5.75 Å². The first-order chi connectivity index (χ1) is 9.51. The quantitative estimate of drug-likeness (QED) is 0.918. The number of aliphatic hydroxyl groups is 1. The fraction of sp³-hybridized carbons (Fsp3) is 0.400. The molecule has 108 valence electrons. The van der Waals surface area contributed by atoms with Crippen LogP contribution in [0.25, 0.3) is 0 Å². The summed E-state index contributed by atoms with van der Waals surface area (Å²) in [5, 5.41) is 14.7. The molecule has 5 heteroatoms. The zero-order valence-corrected chi connectivity index (χ0v) is 12.7. The first kappa shape index (κ1) is 14.9. The predicted octanol–water partition coefficient (Wildman–Crippen LogP) is 3.50. The highest BCUT2D eigenvalue weighted by atomic mass is 35.5. The van der Waals surface area contributed by atoms with Gasteiger partial charge in [-0.05, 0) is 45.0 Å². The summed E-state index contributed by atoms with van der Waals surface area (Å²) in [7, 11) is 0. The van der Waals surface area contributed by atoms with Crippen LogP contribution in [0.3, 0.4) is 0 Å². The van der Waals surface area contributed by atoms with E-state index in [4.69, 9.17) is 16.3 Å². The van der Waals surface area contributed by atoms with E-state index < -0.39 is 6.10 Å². The predicted molar refractivity (Wildman–Crippen MR) is 79.1 cm³/mol. The number of nitrogens with zero attached hydrogens (tertiary/aromatic N) is 2. The number of aliphatic hydroxyl groups excluding tert-OH is 1. The lowest BCUT2D eigenvalue weighted by atomic mass is 10.1. The van der Waals surface area contributed by atoms with Crippen molar-refractivity contribution in [2.24, 2.45) is 0 Å². The minimum absolute atomic E-state index is 0.413. The molecule has 0 fully saturated rings. The lowest BCUT2D eigenvalue weighted by Crippen LogP contribution is -2.07. The van der Waals surface area contributed by atoms with Gasteiger partial charge in [-0.2, -0.15) is 5.10 Å². The lowest BCUT2D eigenvalue weighted by molar-refractivity contribution is 0.189. The molecule has 0 bridgehead atoms. The Labute approximate surface area is 123 Å². The third-order valence-corrected chi connectivity index (χ3v) is 3.32. The maximum Gasteiger partial charge on any atom is 0.130 e. The second kappa shape index (κ2) is 6.29. The van der Waals surface area contributed by atoms with Gasteiger partial charge in [0.25, 0.3) is 0 Å². The molecule has 1 N–H and O–H groups in total. The van der Waals surface area contributed by atoms with E-state index in [1.807, 2.05) is 24.6 Å². The molecule has 0 amide bonds. The average molecular weight is 295 g/mol. The van der Waals surface area contributed by atoms with Crippen molar-refractivity contribution in [3.63, 3.8) is 0 Å². The van der Waals surface area contributed by atoms with Crippen molar-refractivity contribution in [1.82, 2.24) is 9.78 Å². The number of aryl methyl sites for hydroxylation is 2. The summed E-state index contributed by atoms with van der Waals surface area (Å²) in [4.78, 5) is 0. The number of benzene rings is 1. The van der Waals surface area contributed by atoms with Crippen LogP contribution < -0.4 is 4.74 Å². The van der Waals surface area contributed by atoms with E-state index in [9.17, 15) is 5.11 Å². The largest absolute Gasteiger partial charge is 0.487 e. The first-order valence-corrected chi connectivity index (χ1v) is 7.02. The van der Waals surface area contributed by atoms with Crippen molar-refractivity contribution in [2.75, 3.05) is 0 Å². The Kier molecular flexibility index (Phi) is 4.68. The number of hydrogen-bond donors (Lipinski definition) is 1. The minimum Gasteiger partial charge on any atom is -0.487 e. The van der Waals surface area contributed by atoms with Gasteiger partial charge in [0.15, 0.2) is 0 Å². The first-order valence-electron chi connectivity index (χ1n) is 6.65. The molecule has 1 atom stereocenters. The van der Waals surface area contributed by atoms with E-state index in [0.717, 1.165) is 17.9 Å². The molecule has 0 radical (unpaired) electrons. The Morgan fingerprint density at radius 1 is 1.40 bits per heavy atom. The second-order valence-corrected chi connectivity index (χ2v) is 5.18. The maximum atomic E-state index is 9.77. The minimum atomic E-state index is -0.624. The maximum absolute atomic E-state index is 9.77. The van der Waals surface area contributed by atoms with Crippen LogP contribution in [0, 0.1) is 6.92 Å². The Balaban J connectivity index is 2.18. The van der Waals surface area contributed by atoms with Gasteiger partial charge in [0.2, 0.25) is 0 Å². The van der Waals surface area contributed by atoms with E-state index in [0.29, 0.717) is 22.9 Å². The van der Waals surface area contributed by atoms with Gasteiger partial charge in [-0.15, -0.1) is 0 Å². The molecule has 0 spiro atoms. The van der Waals surface area contributed by atoms with Crippen LogP contribution in [0.15, 0.2) is 24.3 Å². The molecule has 0 aliphatic heterocycles. The van der Waals surface area contributed by atoms with Gasteiger partial charge in [0.1, 0.15) is 12.4 Å². The van der Waals surface area contributed by atoms with E-state index >= 15 is 0 Å². The Morgan fingerprint density at radius 3 is 2.80 bits per heavy atom. The average Bonchev–Trinajstić information content (AvgIpc) is 2.77. The van der Waals surface area contributed by atoms with E-state index in [1.165, 1.54) is 0 Å². The summed E-state index contributed by atoms with van der Waals surface area (Å²) < 4.78 is 7.73. The SMILES string of the molecule is CCn1nc(C)cc1COc1ccc(Cl)cc1[C@@H](C)O. The highest BCUT2D eigenvalue weighted by Crippen LogP contribution is 2.28. The van der Waals surface area contributed by atoms with Gasteiger partial charge in [-0.25, -0.2) is 0 Å². The molecule has 0 saturated carbocycles. The van der Waals surface area contributed by atoms with E-state index in [1.54, 1.807) is 25.1 Å².